The third-order valence-corrected chi connectivity index (χ3v) is 5.29. The molecule has 2 aromatic heterocycles. The lowest BCUT2D eigenvalue weighted by Crippen LogP contribution is -2.07. The highest BCUT2D eigenvalue weighted by atomic mass is 16.4. The van der Waals surface area contributed by atoms with Crippen LogP contribution in [-0.4, -0.2) is 25.2 Å². The normalized spacial score (nSPS) is 11.0. The monoisotopic (exact) mass is 400 g/mol. The summed E-state index contributed by atoms with van der Waals surface area (Å²) in [6, 6.07) is 18.1. The molecule has 4 aromatic rings. The van der Waals surface area contributed by atoms with E-state index in [-0.39, 0.29) is 6.42 Å². The van der Waals surface area contributed by atoms with Crippen LogP contribution in [0.3, 0.4) is 0 Å². The van der Waals surface area contributed by atoms with Crippen molar-refractivity contribution in [1.82, 2.24) is 14.1 Å². The van der Waals surface area contributed by atoms with Gasteiger partial charge in [-0.05, 0) is 73.9 Å². The Labute approximate surface area is 175 Å². The quantitative estimate of drug-likeness (QED) is 0.465. The fourth-order valence-electron chi connectivity index (χ4n) is 3.79. The van der Waals surface area contributed by atoms with Crippen LogP contribution in [0.15, 0.2) is 67.0 Å². The van der Waals surface area contributed by atoms with E-state index in [1.54, 1.807) is 6.20 Å². The Morgan fingerprint density at radius 1 is 1.07 bits per heavy atom. The Balaban J connectivity index is 1.79. The first-order valence-electron chi connectivity index (χ1n) is 9.83. The maximum absolute atomic E-state index is 11.2. The van der Waals surface area contributed by atoms with Crippen LogP contribution in [0.25, 0.3) is 22.6 Å². The van der Waals surface area contributed by atoms with Crippen molar-refractivity contribution in [2.45, 2.75) is 26.7 Å². The number of rotatable bonds is 6. The molecule has 6 heteroatoms. The van der Waals surface area contributed by atoms with Crippen LogP contribution in [-0.2, 0) is 11.2 Å². The molecule has 0 radical (unpaired) electrons. The molecule has 0 saturated heterocycles. The Morgan fingerprint density at radius 2 is 1.83 bits per heavy atom. The number of nitrogens with two attached hydrogens (primary N) is 1. The van der Waals surface area contributed by atoms with Crippen LogP contribution in [0.4, 0.5) is 5.69 Å². The van der Waals surface area contributed by atoms with Gasteiger partial charge in [-0.1, -0.05) is 12.1 Å². The maximum atomic E-state index is 11.2. The molecule has 0 atom stereocenters. The minimum absolute atomic E-state index is 0.0797. The second kappa shape index (κ2) is 7.91. The zero-order valence-corrected chi connectivity index (χ0v) is 17.0. The third kappa shape index (κ3) is 3.72. The fraction of sp³-hybridized carbons (Fsp3) is 0.167. The number of benzene rings is 2. The van der Waals surface area contributed by atoms with Crippen LogP contribution in [0.5, 0.6) is 0 Å². The number of carboxylic acid groups (broad SMARTS) is 1. The first-order chi connectivity index (χ1) is 14.4. The molecule has 0 spiro atoms. The molecule has 2 heterocycles. The summed E-state index contributed by atoms with van der Waals surface area (Å²) >= 11 is 0. The van der Waals surface area contributed by atoms with Gasteiger partial charge in [0.2, 0.25) is 0 Å². The number of imidazole rings is 1. The molecule has 4 rings (SSSR count). The summed E-state index contributed by atoms with van der Waals surface area (Å²) in [6.45, 7) is 3.99. The van der Waals surface area contributed by atoms with Gasteiger partial charge in [0.05, 0.1) is 12.1 Å². The van der Waals surface area contributed by atoms with Crippen molar-refractivity contribution in [3.05, 3.63) is 84.1 Å². The lowest BCUT2D eigenvalue weighted by molar-refractivity contribution is -0.136. The van der Waals surface area contributed by atoms with E-state index in [9.17, 15) is 4.79 Å². The molecule has 152 valence electrons. The van der Waals surface area contributed by atoms with Crippen molar-refractivity contribution in [3.63, 3.8) is 0 Å². The number of anilines is 1. The second-order valence-corrected chi connectivity index (χ2v) is 7.38. The number of nitrogens with zero attached hydrogens (tertiary/aromatic N) is 3. The van der Waals surface area contributed by atoms with Gasteiger partial charge in [0, 0.05) is 35.1 Å². The van der Waals surface area contributed by atoms with Crippen molar-refractivity contribution in [1.29, 1.82) is 0 Å². The Bertz CT molecular complexity index is 1200. The van der Waals surface area contributed by atoms with E-state index in [1.807, 2.05) is 54.9 Å². The van der Waals surface area contributed by atoms with Crippen LogP contribution >= 0.6 is 0 Å². The maximum Gasteiger partial charge on any atom is 0.303 e. The number of nitrogen functional groups attached to an aromatic ring is 1. The summed E-state index contributed by atoms with van der Waals surface area (Å²) in [5.74, 6) is 0.123. The van der Waals surface area contributed by atoms with Crippen molar-refractivity contribution in [3.8, 4) is 22.6 Å². The zero-order chi connectivity index (χ0) is 21.3. The summed E-state index contributed by atoms with van der Waals surface area (Å²) in [5, 5.41) is 9.16. The minimum atomic E-state index is -0.807. The van der Waals surface area contributed by atoms with E-state index in [4.69, 9.17) is 10.8 Å². The highest BCUT2D eigenvalue weighted by molar-refractivity contribution is 5.69. The summed E-state index contributed by atoms with van der Waals surface area (Å²) < 4.78 is 4.17. The molecule has 0 aliphatic rings. The molecule has 3 N–H and O–H groups in total. The van der Waals surface area contributed by atoms with E-state index in [2.05, 4.69) is 33.8 Å². The standard InChI is InChI=1S/C24H24N4O2/c1-16-15-19(25)5-10-22(16)28-21(9-12-24(29)30)8-11-23(28)18-3-6-20(7-4-18)27-14-13-26-17(27)2/h3-8,10-11,13-15H,9,12,25H2,1-2H3,(H,29,30). The largest absolute Gasteiger partial charge is 0.481 e. The molecule has 2 aromatic carbocycles. The number of aryl methyl sites for hydroxylation is 3. The number of carboxylic acids is 1. The molecule has 0 saturated carbocycles. The predicted octanol–water partition coefficient (Wildman–Crippen LogP) is 4.55. The highest BCUT2D eigenvalue weighted by Crippen LogP contribution is 2.30. The molecular weight excluding hydrogens is 376 g/mol. The summed E-state index contributed by atoms with van der Waals surface area (Å²) in [6.07, 6.45) is 4.25. The predicted molar refractivity (Wildman–Crippen MR) is 118 cm³/mol. The van der Waals surface area contributed by atoms with E-state index < -0.39 is 5.97 Å². The minimum Gasteiger partial charge on any atom is -0.481 e. The molecule has 6 nitrogen and oxygen atoms in total. The van der Waals surface area contributed by atoms with Crippen molar-refractivity contribution < 1.29 is 9.90 Å². The van der Waals surface area contributed by atoms with Crippen LogP contribution in [0.1, 0.15) is 23.5 Å². The highest BCUT2D eigenvalue weighted by Gasteiger charge is 2.15. The van der Waals surface area contributed by atoms with E-state index in [0.717, 1.165) is 39.7 Å². The number of hydrogen-bond donors (Lipinski definition) is 2. The first-order valence-corrected chi connectivity index (χ1v) is 9.83. The van der Waals surface area contributed by atoms with E-state index in [1.165, 1.54) is 0 Å². The molecule has 0 aliphatic heterocycles. The molecule has 0 aliphatic carbocycles. The molecule has 0 unspecified atom stereocenters. The van der Waals surface area contributed by atoms with E-state index >= 15 is 0 Å². The van der Waals surface area contributed by atoms with Crippen LogP contribution < -0.4 is 5.73 Å². The smallest absolute Gasteiger partial charge is 0.303 e. The number of aliphatic carboxylic acids is 1. The lowest BCUT2D eigenvalue weighted by atomic mass is 10.1. The van der Waals surface area contributed by atoms with Gasteiger partial charge in [0.15, 0.2) is 0 Å². The average Bonchev–Trinajstić information content (AvgIpc) is 3.33. The molecule has 0 bridgehead atoms. The summed E-state index contributed by atoms with van der Waals surface area (Å²) in [7, 11) is 0. The van der Waals surface area contributed by atoms with Gasteiger partial charge < -0.3 is 20.0 Å². The van der Waals surface area contributed by atoms with Gasteiger partial charge in [-0.2, -0.15) is 0 Å². The summed E-state index contributed by atoms with van der Waals surface area (Å²) in [5.41, 5.74) is 12.7. The Kier molecular flexibility index (Phi) is 5.14. The molecule has 30 heavy (non-hydrogen) atoms. The van der Waals surface area contributed by atoms with Gasteiger partial charge in [-0.3, -0.25) is 4.79 Å². The molecule has 0 fully saturated rings. The van der Waals surface area contributed by atoms with Gasteiger partial charge in [-0.15, -0.1) is 0 Å². The van der Waals surface area contributed by atoms with Gasteiger partial charge >= 0.3 is 5.97 Å². The van der Waals surface area contributed by atoms with Crippen LogP contribution in [0.2, 0.25) is 0 Å². The van der Waals surface area contributed by atoms with Crippen molar-refractivity contribution in [2.75, 3.05) is 5.73 Å². The van der Waals surface area contributed by atoms with Gasteiger partial charge in [0.1, 0.15) is 5.82 Å². The first kappa shape index (κ1) is 19.5. The Morgan fingerprint density at radius 3 is 2.47 bits per heavy atom. The number of carbonyl (C=O) groups is 1. The molecular formula is C24H24N4O2. The van der Waals surface area contributed by atoms with Crippen molar-refractivity contribution in [2.24, 2.45) is 0 Å². The average molecular weight is 400 g/mol. The number of hydrogen-bond acceptors (Lipinski definition) is 3. The zero-order valence-electron chi connectivity index (χ0n) is 17.0. The lowest BCUT2D eigenvalue weighted by Gasteiger charge is -2.17. The van der Waals surface area contributed by atoms with Gasteiger partial charge in [0.25, 0.3) is 0 Å². The fourth-order valence-corrected chi connectivity index (χ4v) is 3.79. The van der Waals surface area contributed by atoms with Crippen LogP contribution in [0, 0.1) is 13.8 Å². The number of aromatic nitrogens is 3. The SMILES string of the molecule is Cc1cc(N)ccc1-n1c(CCC(=O)O)ccc1-c1ccc(-n2ccnc2C)cc1. The molecule has 0 amide bonds. The third-order valence-electron chi connectivity index (χ3n) is 5.29. The summed E-state index contributed by atoms with van der Waals surface area (Å²) in [4.78, 5) is 15.4. The van der Waals surface area contributed by atoms with Gasteiger partial charge in [-0.25, -0.2) is 4.98 Å². The van der Waals surface area contributed by atoms with E-state index in [0.29, 0.717) is 12.1 Å². The topological polar surface area (TPSA) is 86.1 Å². The second-order valence-electron chi connectivity index (χ2n) is 7.38. The van der Waals surface area contributed by atoms with Crippen molar-refractivity contribution >= 4 is 11.7 Å². The Hall–Kier alpha value is -3.80.